The van der Waals surface area contributed by atoms with Crippen LogP contribution in [-0.4, -0.2) is 29.8 Å². The molecule has 1 N–H and O–H groups in total. The number of benzene rings is 2. The summed E-state index contributed by atoms with van der Waals surface area (Å²) in [6, 6.07) is 10.2. The van der Waals surface area contributed by atoms with Gasteiger partial charge in [0.05, 0.1) is 11.6 Å². The van der Waals surface area contributed by atoms with Crippen LogP contribution in [0.3, 0.4) is 0 Å². The number of alkyl halides is 3. The molecule has 1 atom stereocenters. The van der Waals surface area contributed by atoms with Gasteiger partial charge in [0, 0.05) is 30.1 Å². The summed E-state index contributed by atoms with van der Waals surface area (Å²) in [7, 11) is 0. The summed E-state index contributed by atoms with van der Waals surface area (Å²) in [6.45, 7) is 0.630. The number of carbonyl (C=O) groups is 2. The molecule has 2 aromatic carbocycles. The quantitative estimate of drug-likeness (QED) is 0.791. The lowest BCUT2D eigenvalue weighted by Crippen LogP contribution is -2.38. The van der Waals surface area contributed by atoms with Crippen molar-refractivity contribution in [1.29, 1.82) is 0 Å². The molecule has 0 unspecified atom stereocenters. The van der Waals surface area contributed by atoms with Crippen molar-refractivity contribution in [3.05, 3.63) is 70.2 Å². The van der Waals surface area contributed by atoms with Crippen LogP contribution in [0.15, 0.2) is 48.5 Å². The Bertz CT molecular complexity index is 868. The zero-order valence-corrected chi connectivity index (χ0v) is 15.6. The monoisotopic (exact) mass is 410 g/mol. The summed E-state index contributed by atoms with van der Waals surface area (Å²) in [6.07, 6.45) is -3.40. The molecule has 1 heterocycles. The molecule has 0 aliphatic carbocycles. The number of carbonyl (C=O) groups excluding carboxylic acids is 2. The zero-order valence-electron chi connectivity index (χ0n) is 14.8. The van der Waals surface area contributed by atoms with E-state index in [9.17, 15) is 22.8 Å². The van der Waals surface area contributed by atoms with E-state index in [4.69, 9.17) is 11.6 Å². The van der Waals surface area contributed by atoms with Crippen LogP contribution in [0.4, 0.5) is 13.2 Å². The van der Waals surface area contributed by atoms with Crippen molar-refractivity contribution in [3.8, 4) is 0 Å². The molecule has 0 aromatic heterocycles. The second-order valence-corrected chi connectivity index (χ2v) is 7.04. The minimum Gasteiger partial charge on any atom is -0.343 e. The first-order valence-corrected chi connectivity index (χ1v) is 9.13. The van der Waals surface area contributed by atoms with Gasteiger partial charge >= 0.3 is 6.18 Å². The SMILES string of the molecule is O=C(N[C@@H](CN1CCCC1=O)c1cccc(C(F)(F)F)c1)c1ccc(Cl)cc1. The molecule has 1 aliphatic rings. The number of hydrogen-bond acceptors (Lipinski definition) is 2. The van der Waals surface area contributed by atoms with Crippen molar-refractivity contribution >= 4 is 23.4 Å². The molecule has 28 heavy (non-hydrogen) atoms. The summed E-state index contributed by atoms with van der Waals surface area (Å²) >= 11 is 5.83. The van der Waals surface area contributed by atoms with E-state index in [1.165, 1.54) is 24.3 Å². The number of likely N-dealkylation sites (tertiary alicyclic amines) is 1. The first-order chi connectivity index (χ1) is 13.2. The first kappa shape index (κ1) is 20.2. The maximum atomic E-state index is 13.1. The molecule has 0 bridgehead atoms. The average Bonchev–Trinajstić information content (AvgIpc) is 3.06. The van der Waals surface area contributed by atoms with E-state index in [-0.39, 0.29) is 18.0 Å². The molecule has 0 spiro atoms. The highest BCUT2D eigenvalue weighted by Crippen LogP contribution is 2.31. The lowest BCUT2D eigenvalue weighted by Gasteiger charge is -2.26. The number of halogens is 4. The highest BCUT2D eigenvalue weighted by Gasteiger charge is 2.32. The van der Waals surface area contributed by atoms with Crippen LogP contribution >= 0.6 is 11.6 Å². The molecule has 8 heteroatoms. The molecule has 1 fully saturated rings. The summed E-state index contributed by atoms with van der Waals surface area (Å²) < 4.78 is 39.3. The maximum absolute atomic E-state index is 13.1. The van der Waals surface area contributed by atoms with Gasteiger partial charge in [0.15, 0.2) is 0 Å². The number of rotatable bonds is 5. The van der Waals surface area contributed by atoms with Crippen molar-refractivity contribution in [2.24, 2.45) is 0 Å². The number of amides is 2. The molecule has 148 valence electrons. The van der Waals surface area contributed by atoms with Gasteiger partial charge in [-0.15, -0.1) is 0 Å². The van der Waals surface area contributed by atoms with E-state index < -0.39 is 23.7 Å². The predicted octanol–water partition coefficient (Wildman–Crippen LogP) is 4.45. The van der Waals surface area contributed by atoms with Crippen LogP contribution in [0.5, 0.6) is 0 Å². The standard InChI is InChI=1S/C20H18ClF3N2O2/c21-16-8-6-13(7-9-16)19(28)25-17(12-26-10-2-5-18(26)27)14-3-1-4-15(11-14)20(22,23)24/h1,3-4,6-9,11,17H,2,5,10,12H2,(H,25,28)/t17-/m0/s1. The molecule has 4 nitrogen and oxygen atoms in total. The van der Waals surface area contributed by atoms with Gasteiger partial charge in [0.2, 0.25) is 5.91 Å². The Morgan fingerprint density at radius 1 is 1.18 bits per heavy atom. The van der Waals surface area contributed by atoms with E-state index in [2.05, 4.69) is 5.32 Å². The Labute approximate surface area is 165 Å². The molecule has 1 aliphatic heterocycles. The normalized spacial score (nSPS) is 15.6. The third kappa shape index (κ3) is 4.84. The second-order valence-electron chi connectivity index (χ2n) is 6.60. The number of hydrogen-bond donors (Lipinski definition) is 1. The number of nitrogens with one attached hydrogen (secondary N) is 1. The van der Waals surface area contributed by atoms with Crippen LogP contribution < -0.4 is 5.32 Å². The molecule has 2 amide bonds. The maximum Gasteiger partial charge on any atom is 0.416 e. The molecule has 0 saturated carbocycles. The third-order valence-electron chi connectivity index (χ3n) is 4.60. The predicted molar refractivity (Wildman–Crippen MR) is 98.9 cm³/mol. The minimum absolute atomic E-state index is 0.0716. The van der Waals surface area contributed by atoms with Gasteiger partial charge in [0.25, 0.3) is 5.91 Å². The lowest BCUT2D eigenvalue weighted by atomic mass is 10.0. The zero-order chi connectivity index (χ0) is 20.3. The number of nitrogens with zero attached hydrogens (tertiary/aromatic N) is 1. The Balaban J connectivity index is 1.87. The fourth-order valence-corrected chi connectivity index (χ4v) is 3.25. The highest BCUT2D eigenvalue weighted by atomic mass is 35.5. The summed E-state index contributed by atoms with van der Waals surface area (Å²) in [5, 5.41) is 3.22. The molecule has 0 radical (unpaired) electrons. The van der Waals surface area contributed by atoms with Crippen molar-refractivity contribution in [2.75, 3.05) is 13.1 Å². The Morgan fingerprint density at radius 2 is 1.89 bits per heavy atom. The topological polar surface area (TPSA) is 49.4 Å². The van der Waals surface area contributed by atoms with E-state index in [1.807, 2.05) is 0 Å². The Hall–Kier alpha value is -2.54. The van der Waals surface area contributed by atoms with Crippen LogP contribution in [-0.2, 0) is 11.0 Å². The van der Waals surface area contributed by atoms with Crippen molar-refractivity contribution in [1.82, 2.24) is 10.2 Å². The third-order valence-corrected chi connectivity index (χ3v) is 4.85. The van der Waals surface area contributed by atoms with Crippen molar-refractivity contribution in [3.63, 3.8) is 0 Å². The van der Waals surface area contributed by atoms with E-state index in [1.54, 1.807) is 17.0 Å². The van der Waals surface area contributed by atoms with E-state index >= 15 is 0 Å². The van der Waals surface area contributed by atoms with Crippen molar-refractivity contribution in [2.45, 2.75) is 25.1 Å². The summed E-state index contributed by atoms with van der Waals surface area (Å²) in [5.74, 6) is -0.525. The second kappa shape index (κ2) is 8.22. The highest BCUT2D eigenvalue weighted by molar-refractivity contribution is 6.30. The van der Waals surface area contributed by atoms with Gasteiger partial charge in [-0.05, 0) is 48.4 Å². The largest absolute Gasteiger partial charge is 0.416 e. The van der Waals surface area contributed by atoms with Gasteiger partial charge in [-0.2, -0.15) is 13.2 Å². The first-order valence-electron chi connectivity index (χ1n) is 8.75. The van der Waals surface area contributed by atoms with Crippen molar-refractivity contribution < 1.29 is 22.8 Å². The molecule has 2 aromatic rings. The van der Waals surface area contributed by atoms with Crippen LogP contribution in [0, 0.1) is 0 Å². The molecular weight excluding hydrogens is 393 g/mol. The molecule has 3 rings (SSSR count). The summed E-state index contributed by atoms with van der Waals surface area (Å²) in [4.78, 5) is 26.1. The minimum atomic E-state index is -4.50. The van der Waals surface area contributed by atoms with Crippen LogP contribution in [0.25, 0.3) is 0 Å². The molecular formula is C20H18ClF3N2O2. The smallest absolute Gasteiger partial charge is 0.343 e. The fourth-order valence-electron chi connectivity index (χ4n) is 3.13. The van der Waals surface area contributed by atoms with Gasteiger partial charge in [-0.3, -0.25) is 9.59 Å². The van der Waals surface area contributed by atoms with Gasteiger partial charge in [0.1, 0.15) is 0 Å². The Kier molecular flexibility index (Phi) is 5.93. The van der Waals surface area contributed by atoms with Crippen LogP contribution in [0.2, 0.25) is 5.02 Å². The van der Waals surface area contributed by atoms with Gasteiger partial charge in [-0.1, -0.05) is 23.7 Å². The van der Waals surface area contributed by atoms with Crippen LogP contribution in [0.1, 0.15) is 40.4 Å². The average molecular weight is 411 g/mol. The molecule has 1 saturated heterocycles. The van der Waals surface area contributed by atoms with Gasteiger partial charge in [-0.25, -0.2) is 0 Å². The van der Waals surface area contributed by atoms with E-state index in [0.717, 1.165) is 12.1 Å². The lowest BCUT2D eigenvalue weighted by molar-refractivity contribution is -0.137. The van der Waals surface area contributed by atoms with E-state index in [0.29, 0.717) is 30.0 Å². The summed E-state index contributed by atoms with van der Waals surface area (Å²) in [5.41, 5.74) is -0.186. The fraction of sp³-hybridized carbons (Fsp3) is 0.300. The Morgan fingerprint density at radius 3 is 2.50 bits per heavy atom. The van der Waals surface area contributed by atoms with Gasteiger partial charge < -0.3 is 10.2 Å².